The molecule has 0 radical (unpaired) electrons. The molecule has 4 heteroatoms. The van der Waals surface area contributed by atoms with Crippen LogP contribution in [0.2, 0.25) is 0 Å². The van der Waals surface area contributed by atoms with Crippen molar-refractivity contribution in [3.05, 3.63) is 35.9 Å². The molecule has 0 amide bonds. The zero-order valence-corrected chi connectivity index (χ0v) is 7.62. The van der Waals surface area contributed by atoms with Gasteiger partial charge < -0.3 is 0 Å². The summed E-state index contributed by atoms with van der Waals surface area (Å²) >= 11 is 0. The molecule has 12 heavy (non-hydrogen) atoms. The normalized spacial score (nSPS) is 13.2. The topological polar surface area (TPSA) is 46.2 Å². The Labute approximate surface area is 73.5 Å². The highest BCUT2D eigenvalue weighted by Gasteiger charge is 2.02. The maximum absolute atomic E-state index is 10.3. The van der Waals surface area contributed by atoms with Crippen molar-refractivity contribution in [2.75, 3.05) is 0 Å². The Bertz CT molecular complexity index is 300. The Hall–Kier alpha value is -0.870. The molecule has 0 bridgehead atoms. The largest absolute Gasteiger partial charge is 0.215 e. The minimum Gasteiger partial charge on any atom is -0.215 e. The molecule has 1 atom stereocenters. The number of benzene rings is 1. The molecular formula is C8H11NO2S. The van der Waals surface area contributed by atoms with E-state index in [4.69, 9.17) is 0 Å². The first kappa shape index (κ1) is 9.22. The smallest absolute Gasteiger partial charge is 0.201 e. The van der Waals surface area contributed by atoms with Crippen molar-refractivity contribution in [3.63, 3.8) is 0 Å². The van der Waals surface area contributed by atoms with Crippen LogP contribution in [0.25, 0.3) is 0 Å². The Morgan fingerprint density at radius 1 is 1.25 bits per heavy atom. The van der Waals surface area contributed by atoms with E-state index in [2.05, 4.69) is 4.72 Å². The van der Waals surface area contributed by atoms with Crippen molar-refractivity contribution in [1.29, 1.82) is 0 Å². The van der Waals surface area contributed by atoms with Gasteiger partial charge in [0.05, 0.1) is 0 Å². The lowest BCUT2D eigenvalue weighted by Gasteiger charge is -2.07. The minimum absolute atomic E-state index is 0.146. The highest BCUT2D eigenvalue weighted by Crippen LogP contribution is 2.10. The maximum Gasteiger partial charge on any atom is 0.201 e. The highest BCUT2D eigenvalue weighted by atomic mass is 32.2. The summed E-state index contributed by atoms with van der Waals surface area (Å²) in [6.07, 6.45) is 0. The fraction of sp³-hybridized carbons (Fsp3) is 0.250. The molecule has 1 N–H and O–H groups in total. The van der Waals surface area contributed by atoms with Gasteiger partial charge in [-0.1, -0.05) is 30.3 Å². The Balaban J connectivity index is 2.71. The number of nitrogens with one attached hydrogen (secondary N) is 1. The van der Waals surface area contributed by atoms with Gasteiger partial charge in [0, 0.05) is 6.04 Å². The van der Waals surface area contributed by atoms with E-state index in [0.717, 1.165) is 5.56 Å². The molecule has 0 aliphatic rings. The van der Waals surface area contributed by atoms with Crippen LogP contribution in [0.5, 0.6) is 0 Å². The third-order valence-corrected chi connectivity index (χ3v) is 2.20. The molecule has 0 aliphatic carbocycles. The standard InChI is InChI=1S/C8H11NO2S/c1-7(9-12(10)11)8-5-3-2-4-6-8/h2-7,12H,1H3,(H,9,10,11). The van der Waals surface area contributed by atoms with Gasteiger partial charge in [0.2, 0.25) is 10.9 Å². The van der Waals surface area contributed by atoms with Gasteiger partial charge in [0.15, 0.2) is 0 Å². The molecule has 3 nitrogen and oxygen atoms in total. The molecule has 0 saturated carbocycles. The van der Waals surface area contributed by atoms with Gasteiger partial charge in [-0.05, 0) is 12.5 Å². The van der Waals surface area contributed by atoms with Crippen LogP contribution in [-0.4, -0.2) is 8.42 Å². The summed E-state index contributed by atoms with van der Waals surface area (Å²) in [5, 5.41) is 0. The monoisotopic (exact) mass is 185 g/mol. The molecule has 66 valence electrons. The Morgan fingerprint density at radius 2 is 1.83 bits per heavy atom. The van der Waals surface area contributed by atoms with E-state index in [-0.39, 0.29) is 6.04 Å². The predicted molar refractivity (Wildman–Crippen MR) is 48.3 cm³/mol. The zero-order chi connectivity index (χ0) is 8.97. The second kappa shape index (κ2) is 4.23. The number of hydrogen-bond donors (Lipinski definition) is 2. The summed E-state index contributed by atoms with van der Waals surface area (Å²) in [6.45, 7) is 1.81. The fourth-order valence-electron chi connectivity index (χ4n) is 0.974. The van der Waals surface area contributed by atoms with Crippen LogP contribution in [0, 0.1) is 0 Å². The first-order valence-electron chi connectivity index (χ1n) is 3.65. The molecule has 0 heterocycles. The number of hydrogen-bond acceptors (Lipinski definition) is 2. The molecule has 0 spiro atoms. The molecule has 1 unspecified atom stereocenters. The van der Waals surface area contributed by atoms with Crippen LogP contribution in [-0.2, 0) is 10.9 Å². The summed E-state index contributed by atoms with van der Waals surface area (Å²) < 4.78 is 23.0. The van der Waals surface area contributed by atoms with E-state index in [1.807, 2.05) is 30.3 Å². The lowest BCUT2D eigenvalue weighted by molar-refractivity contribution is 0.587. The van der Waals surface area contributed by atoms with E-state index < -0.39 is 10.9 Å². The van der Waals surface area contributed by atoms with Gasteiger partial charge in [-0.15, -0.1) is 0 Å². The van der Waals surface area contributed by atoms with Crippen LogP contribution in [0.15, 0.2) is 30.3 Å². The van der Waals surface area contributed by atoms with Gasteiger partial charge in [-0.3, -0.25) is 0 Å². The zero-order valence-electron chi connectivity index (χ0n) is 6.73. The van der Waals surface area contributed by atoms with Crippen molar-refractivity contribution < 1.29 is 8.42 Å². The summed E-state index contributed by atoms with van der Waals surface area (Å²) in [5.74, 6) is 0. The highest BCUT2D eigenvalue weighted by molar-refractivity contribution is 7.70. The van der Waals surface area contributed by atoms with Gasteiger partial charge in [0.1, 0.15) is 0 Å². The van der Waals surface area contributed by atoms with E-state index in [1.165, 1.54) is 0 Å². The van der Waals surface area contributed by atoms with E-state index in [9.17, 15) is 8.42 Å². The SMILES string of the molecule is CC(N[SH](=O)=O)c1ccccc1. The average molecular weight is 185 g/mol. The fourth-order valence-corrected chi connectivity index (χ4v) is 1.44. The molecule has 0 aromatic heterocycles. The average Bonchev–Trinajstić information content (AvgIpc) is 2.05. The molecule has 0 saturated heterocycles. The van der Waals surface area contributed by atoms with E-state index in [0.29, 0.717) is 0 Å². The molecule has 1 aromatic carbocycles. The maximum atomic E-state index is 10.3. The molecule has 0 aliphatic heterocycles. The molecule has 1 rings (SSSR count). The van der Waals surface area contributed by atoms with Gasteiger partial charge >= 0.3 is 0 Å². The summed E-state index contributed by atoms with van der Waals surface area (Å²) in [5.41, 5.74) is 0.969. The van der Waals surface area contributed by atoms with Crippen molar-refractivity contribution in [2.24, 2.45) is 0 Å². The summed E-state index contributed by atoms with van der Waals surface area (Å²) in [4.78, 5) is 0. The second-order valence-electron chi connectivity index (χ2n) is 2.52. The van der Waals surface area contributed by atoms with Crippen LogP contribution >= 0.6 is 0 Å². The van der Waals surface area contributed by atoms with Crippen molar-refractivity contribution in [3.8, 4) is 0 Å². The third kappa shape index (κ3) is 2.64. The third-order valence-electron chi connectivity index (χ3n) is 1.60. The molecular weight excluding hydrogens is 174 g/mol. The van der Waals surface area contributed by atoms with Gasteiger partial charge in [-0.2, -0.15) is 0 Å². The lowest BCUT2D eigenvalue weighted by Crippen LogP contribution is -2.15. The number of thiol groups is 1. The van der Waals surface area contributed by atoms with E-state index >= 15 is 0 Å². The van der Waals surface area contributed by atoms with Gasteiger partial charge in [-0.25, -0.2) is 13.1 Å². The van der Waals surface area contributed by atoms with Crippen LogP contribution in [0.4, 0.5) is 0 Å². The van der Waals surface area contributed by atoms with Crippen molar-refractivity contribution in [1.82, 2.24) is 4.72 Å². The lowest BCUT2D eigenvalue weighted by atomic mass is 10.1. The van der Waals surface area contributed by atoms with Crippen LogP contribution in [0.1, 0.15) is 18.5 Å². The quantitative estimate of drug-likeness (QED) is 0.686. The number of rotatable bonds is 3. The molecule has 0 fully saturated rings. The van der Waals surface area contributed by atoms with Crippen LogP contribution in [0.3, 0.4) is 0 Å². The summed E-state index contributed by atoms with van der Waals surface area (Å²) in [6, 6.07) is 9.28. The predicted octanol–water partition coefficient (Wildman–Crippen LogP) is 0.864. The van der Waals surface area contributed by atoms with Crippen molar-refractivity contribution >= 4 is 10.9 Å². The second-order valence-corrected chi connectivity index (χ2v) is 3.29. The first-order valence-corrected chi connectivity index (χ1v) is 4.83. The Kier molecular flexibility index (Phi) is 3.25. The first-order chi connectivity index (χ1) is 5.70. The van der Waals surface area contributed by atoms with Gasteiger partial charge in [0.25, 0.3) is 0 Å². The minimum atomic E-state index is -2.51. The summed E-state index contributed by atoms with van der Waals surface area (Å²) in [7, 11) is -2.51. The molecule has 1 aromatic rings. The Morgan fingerprint density at radius 3 is 2.33 bits per heavy atom. The van der Waals surface area contributed by atoms with Crippen LogP contribution < -0.4 is 4.72 Å². The van der Waals surface area contributed by atoms with E-state index in [1.54, 1.807) is 6.92 Å². The van der Waals surface area contributed by atoms with Crippen molar-refractivity contribution in [2.45, 2.75) is 13.0 Å².